The Hall–Kier alpha value is -2.50. The lowest BCUT2D eigenvalue weighted by molar-refractivity contribution is -0.150. The third-order valence-corrected chi connectivity index (χ3v) is 4.86. The largest absolute Gasteiger partial charge is 0.468 e. The number of carbonyl (C=O) groups is 3. The van der Waals surface area contributed by atoms with Crippen LogP contribution in [0.1, 0.15) is 11.5 Å². The molecular formula is C16H14ClN3O4S. The molecule has 0 saturated heterocycles. The van der Waals surface area contributed by atoms with Gasteiger partial charge in [-0.1, -0.05) is 35.5 Å². The average Bonchev–Trinajstić information content (AvgIpc) is 2.59. The second kappa shape index (κ2) is 8.05. The third kappa shape index (κ3) is 4.13. The molecule has 9 heteroatoms. The van der Waals surface area contributed by atoms with Crippen molar-refractivity contribution in [3.05, 3.63) is 45.5 Å². The van der Waals surface area contributed by atoms with Gasteiger partial charge in [0, 0.05) is 10.9 Å². The van der Waals surface area contributed by atoms with Gasteiger partial charge in [0.2, 0.25) is 11.8 Å². The van der Waals surface area contributed by atoms with Crippen molar-refractivity contribution in [1.82, 2.24) is 5.32 Å². The summed E-state index contributed by atoms with van der Waals surface area (Å²) in [6, 6.07) is 8.49. The number of benzene rings is 1. The van der Waals surface area contributed by atoms with Crippen molar-refractivity contribution in [3.63, 3.8) is 0 Å². The molecule has 0 radical (unpaired) electrons. The molecule has 1 heterocycles. The Bertz CT molecular complexity index is 786. The van der Waals surface area contributed by atoms with Crippen LogP contribution in [-0.2, 0) is 19.1 Å². The van der Waals surface area contributed by atoms with Crippen LogP contribution < -0.4 is 11.1 Å². The van der Waals surface area contributed by atoms with E-state index in [2.05, 4.69) is 5.32 Å². The van der Waals surface area contributed by atoms with E-state index in [9.17, 15) is 19.6 Å². The number of hydrogen-bond acceptors (Lipinski definition) is 6. The highest BCUT2D eigenvalue weighted by Gasteiger charge is 2.44. The summed E-state index contributed by atoms with van der Waals surface area (Å²) in [4.78, 5) is 35.6. The minimum atomic E-state index is -1.22. The summed E-state index contributed by atoms with van der Waals surface area (Å²) in [6.07, 6.45) is 0. The zero-order valence-electron chi connectivity index (χ0n) is 13.1. The van der Waals surface area contributed by atoms with Crippen molar-refractivity contribution in [1.29, 1.82) is 5.26 Å². The molecule has 1 aromatic rings. The van der Waals surface area contributed by atoms with Gasteiger partial charge >= 0.3 is 5.97 Å². The monoisotopic (exact) mass is 379 g/mol. The number of halogens is 1. The summed E-state index contributed by atoms with van der Waals surface area (Å²) >= 11 is 6.82. The first-order valence-electron chi connectivity index (χ1n) is 7.08. The number of hydrogen-bond donors (Lipinski definition) is 2. The van der Waals surface area contributed by atoms with E-state index in [-0.39, 0.29) is 16.4 Å². The fourth-order valence-corrected chi connectivity index (χ4v) is 3.41. The summed E-state index contributed by atoms with van der Waals surface area (Å²) < 4.78 is 4.72. The maximum atomic E-state index is 12.5. The molecule has 0 spiro atoms. The molecule has 2 rings (SSSR count). The lowest BCUT2D eigenvalue weighted by atomic mass is 9.78. The summed E-state index contributed by atoms with van der Waals surface area (Å²) in [5, 5.41) is 12.8. The van der Waals surface area contributed by atoms with Crippen LogP contribution in [0.5, 0.6) is 0 Å². The number of methoxy groups -OCH3 is 1. The first kappa shape index (κ1) is 18.8. The second-order valence-electron chi connectivity index (χ2n) is 5.13. The van der Waals surface area contributed by atoms with Gasteiger partial charge in [-0.3, -0.25) is 14.4 Å². The number of nitrogens with two attached hydrogens (primary N) is 1. The zero-order chi connectivity index (χ0) is 18.6. The predicted molar refractivity (Wildman–Crippen MR) is 92.1 cm³/mol. The van der Waals surface area contributed by atoms with Crippen LogP contribution >= 0.6 is 23.4 Å². The molecule has 0 fully saturated rings. The fourth-order valence-electron chi connectivity index (χ4n) is 2.49. The lowest BCUT2D eigenvalue weighted by Crippen LogP contribution is -2.44. The number of nitrogens with one attached hydrogen (secondary N) is 1. The molecule has 2 atom stereocenters. The summed E-state index contributed by atoms with van der Waals surface area (Å²) in [5.74, 6) is -4.15. The van der Waals surface area contributed by atoms with Crippen LogP contribution in [0.3, 0.4) is 0 Å². The van der Waals surface area contributed by atoms with Gasteiger partial charge in [0.25, 0.3) is 0 Å². The van der Waals surface area contributed by atoms with Gasteiger partial charge in [0.05, 0.1) is 29.5 Å². The Morgan fingerprint density at radius 3 is 2.56 bits per heavy atom. The summed E-state index contributed by atoms with van der Waals surface area (Å²) in [7, 11) is 1.17. The van der Waals surface area contributed by atoms with Crippen molar-refractivity contribution in [2.24, 2.45) is 11.7 Å². The third-order valence-electron chi connectivity index (χ3n) is 3.57. The number of primary amides is 1. The van der Waals surface area contributed by atoms with Gasteiger partial charge in [-0.15, -0.1) is 0 Å². The SMILES string of the molecule is COC(=O)[C@@H]1C(=O)NC(SCC(N)=O)=C(C#N)[C@@H]1c1ccc(Cl)cc1. The molecule has 1 aromatic carbocycles. The minimum absolute atomic E-state index is 0.114. The number of rotatable bonds is 5. The number of thioether (sulfide) groups is 1. The first-order valence-corrected chi connectivity index (χ1v) is 8.45. The number of allylic oxidation sites excluding steroid dienone is 1. The molecule has 25 heavy (non-hydrogen) atoms. The Balaban J connectivity index is 2.57. The van der Waals surface area contributed by atoms with Crippen molar-refractivity contribution in [2.75, 3.05) is 12.9 Å². The van der Waals surface area contributed by atoms with Gasteiger partial charge in [0.15, 0.2) is 0 Å². The standard InChI is InChI=1S/C16H14ClN3O4S/c1-24-16(23)13-12(8-2-4-9(17)5-3-8)10(6-18)15(20-14(13)22)25-7-11(19)21/h2-5,12-13H,7H2,1H3,(H2,19,21)(H,20,22)/t12-,13-/m0/s1. The Kier molecular flexibility index (Phi) is 6.07. The molecule has 0 aromatic heterocycles. The van der Waals surface area contributed by atoms with Gasteiger partial charge in [-0.05, 0) is 17.7 Å². The Labute approximate surface area is 153 Å². The molecular weight excluding hydrogens is 366 g/mol. The van der Waals surface area contributed by atoms with Crippen molar-refractivity contribution < 1.29 is 19.1 Å². The van der Waals surface area contributed by atoms with E-state index in [1.54, 1.807) is 24.3 Å². The van der Waals surface area contributed by atoms with Crippen LogP contribution in [0.4, 0.5) is 0 Å². The van der Waals surface area contributed by atoms with E-state index in [0.717, 1.165) is 11.8 Å². The van der Waals surface area contributed by atoms with Gasteiger partial charge < -0.3 is 15.8 Å². The topological polar surface area (TPSA) is 122 Å². The molecule has 1 aliphatic rings. The van der Waals surface area contributed by atoms with Crippen LogP contribution in [0, 0.1) is 17.2 Å². The highest BCUT2D eigenvalue weighted by Crippen LogP contribution is 2.40. The number of carbonyl (C=O) groups excluding carboxylic acids is 3. The molecule has 0 unspecified atom stereocenters. The maximum Gasteiger partial charge on any atom is 0.319 e. The zero-order valence-corrected chi connectivity index (χ0v) is 14.7. The molecule has 0 saturated carbocycles. The summed E-state index contributed by atoms with van der Waals surface area (Å²) in [6.45, 7) is 0. The minimum Gasteiger partial charge on any atom is -0.468 e. The lowest BCUT2D eigenvalue weighted by Gasteiger charge is -2.30. The van der Waals surface area contributed by atoms with E-state index < -0.39 is 29.6 Å². The molecule has 2 amide bonds. The van der Waals surface area contributed by atoms with Crippen LogP contribution in [0.15, 0.2) is 34.9 Å². The molecule has 0 aliphatic carbocycles. The van der Waals surface area contributed by atoms with Crippen LogP contribution in [0.2, 0.25) is 5.02 Å². The highest BCUT2D eigenvalue weighted by molar-refractivity contribution is 8.03. The smallest absolute Gasteiger partial charge is 0.319 e. The fraction of sp³-hybridized carbons (Fsp3) is 0.250. The molecule has 3 N–H and O–H groups in total. The Morgan fingerprint density at radius 1 is 1.40 bits per heavy atom. The van der Waals surface area contributed by atoms with Crippen molar-refractivity contribution >= 4 is 41.1 Å². The van der Waals surface area contributed by atoms with Crippen LogP contribution in [0.25, 0.3) is 0 Å². The van der Waals surface area contributed by atoms with E-state index in [1.165, 1.54) is 7.11 Å². The quantitative estimate of drug-likeness (QED) is 0.587. The molecule has 0 bridgehead atoms. The van der Waals surface area contributed by atoms with E-state index >= 15 is 0 Å². The number of nitriles is 1. The Morgan fingerprint density at radius 2 is 2.04 bits per heavy atom. The maximum absolute atomic E-state index is 12.5. The van der Waals surface area contributed by atoms with Gasteiger partial charge in [-0.25, -0.2) is 0 Å². The molecule has 7 nitrogen and oxygen atoms in total. The number of nitrogens with zero attached hydrogens (tertiary/aromatic N) is 1. The highest BCUT2D eigenvalue weighted by atomic mass is 35.5. The van der Waals surface area contributed by atoms with Gasteiger partial charge in [-0.2, -0.15) is 5.26 Å². The van der Waals surface area contributed by atoms with E-state index in [1.807, 2.05) is 6.07 Å². The van der Waals surface area contributed by atoms with Crippen molar-refractivity contribution in [3.8, 4) is 6.07 Å². The normalized spacial score (nSPS) is 19.8. The van der Waals surface area contributed by atoms with Crippen LogP contribution in [-0.4, -0.2) is 30.6 Å². The first-order chi connectivity index (χ1) is 11.9. The van der Waals surface area contributed by atoms with E-state index in [0.29, 0.717) is 10.6 Å². The number of amides is 2. The summed E-state index contributed by atoms with van der Waals surface area (Å²) in [5.41, 5.74) is 5.84. The van der Waals surface area contributed by atoms with Crippen molar-refractivity contribution in [2.45, 2.75) is 5.92 Å². The average molecular weight is 380 g/mol. The number of ether oxygens (including phenoxy) is 1. The number of esters is 1. The predicted octanol–water partition coefficient (Wildman–Crippen LogP) is 1.30. The second-order valence-corrected chi connectivity index (χ2v) is 6.55. The van der Waals surface area contributed by atoms with E-state index in [4.69, 9.17) is 22.1 Å². The molecule has 1 aliphatic heterocycles. The molecule has 130 valence electrons. The van der Waals surface area contributed by atoms with Gasteiger partial charge in [0.1, 0.15) is 5.92 Å².